The fraction of sp³-hybridized carbons (Fsp3) is 0.143. The van der Waals surface area contributed by atoms with E-state index in [1.54, 1.807) is 0 Å². The molecule has 0 aliphatic heterocycles. The molecule has 0 atom stereocenters. The maximum absolute atomic E-state index is 11.9. The van der Waals surface area contributed by atoms with Crippen molar-refractivity contribution in [2.24, 2.45) is 0 Å². The molecule has 0 nitrogen and oxygen atoms in total. The first-order valence-corrected chi connectivity index (χ1v) is 3.21. The van der Waals surface area contributed by atoms with E-state index in [-0.39, 0.29) is 22.1 Å². The van der Waals surface area contributed by atoms with Gasteiger partial charge in [0.1, 0.15) is 0 Å². The molecule has 0 aromatic heterocycles. The number of hydrogen-bond donors (Lipinski definition) is 0. The Balaban J connectivity index is 0.00000121. The molecule has 5 heteroatoms. The van der Waals surface area contributed by atoms with Crippen LogP contribution in [0.2, 0.25) is 5.02 Å². The molecule has 0 unspecified atom stereocenters. The van der Waals surface area contributed by atoms with E-state index >= 15 is 0 Å². The fourth-order valence-corrected chi connectivity index (χ4v) is 0.855. The van der Waals surface area contributed by atoms with Gasteiger partial charge in [-0.25, -0.2) is 0 Å². The molecule has 0 bridgehead atoms. The van der Waals surface area contributed by atoms with Crippen LogP contribution in [-0.2, 0) is 6.18 Å². The zero-order valence-electron chi connectivity index (χ0n) is 5.82. The molecule has 0 saturated carbocycles. The van der Waals surface area contributed by atoms with Gasteiger partial charge in [-0.2, -0.15) is 13.2 Å². The molecule has 1 rings (SSSR count). The molecule has 1 aromatic carbocycles. The van der Waals surface area contributed by atoms with Crippen LogP contribution in [0.4, 0.5) is 13.2 Å². The first-order valence-electron chi connectivity index (χ1n) is 2.83. The Hall–Kier alpha value is -0.181. The summed E-state index contributed by atoms with van der Waals surface area (Å²) in [5.74, 6) is 0. The monoisotopic (exact) mass is 262 g/mol. The predicted molar refractivity (Wildman–Crippen MR) is 45.0 cm³/mol. The van der Waals surface area contributed by atoms with Crippen LogP contribution in [-0.4, -0.2) is 17.1 Å². The van der Waals surface area contributed by atoms with Crippen molar-refractivity contribution in [3.05, 3.63) is 34.9 Å². The second-order valence-corrected chi connectivity index (χ2v) is 2.44. The second kappa shape index (κ2) is 4.17. The minimum absolute atomic E-state index is 0. The number of halogens is 4. The number of rotatable bonds is 0. The van der Waals surface area contributed by atoms with Gasteiger partial charge in [-0.15, -0.1) is 0 Å². The van der Waals surface area contributed by atoms with E-state index in [4.69, 9.17) is 11.6 Å². The van der Waals surface area contributed by atoms with E-state index in [0.29, 0.717) is 0 Å². The topological polar surface area (TPSA) is 0 Å². The Morgan fingerprint density at radius 1 is 1.17 bits per heavy atom. The zero-order chi connectivity index (χ0) is 8.48. The van der Waals surface area contributed by atoms with Gasteiger partial charge in [0.05, 0.1) is 5.56 Å². The van der Waals surface area contributed by atoms with Crippen molar-refractivity contribution in [1.29, 1.82) is 0 Å². The fourth-order valence-electron chi connectivity index (χ4n) is 0.665. The first-order chi connectivity index (χ1) is 5.00. The summed E-state index contributed by atoms with van der Waals surface area (Å²) in [5, 5.41) is 0.0971. The van der Waals surface area contributed by atoms with Crippen molar-refractivity contribution in [1.82, 2.24) is 0 Å². The predicted octanol–water partition coefficient (Wildman–Crippen LogP) is 2.44. The zero-order valence-corrected chi connectivity index (χ0v) is 8.68. The summed E-state index contributed by atoms with van der Waals surface area (Å²) >= 11 is 5.35. The normalized spacial score (nSPS) is 10.7. The molecule has 0 radical (unpaired) electrons. The number of alkyl halides is 3. The van der Waals surface area contributed by atoms with E-state index in [0.717, 1.165) is 12.1 Å². The number of benzene rings is 1. The van der Waals surface area contributed by atoms with Crippen LogP contribution in [0.15, 0.2) is 24.3 Å². The first kappa shape index (κ1) is 11.8. The van der Waals surface area contributed by atoms with Gasteiger partial charge in [-0.3, -0.25) is 0 Å². The van der Waals surface area contributed by atoms with Crippen LogP contribution in [0.3, 0.4) is 0 Å². The van der Waals surface area contributed by atoms with E-state index < -0.39 is 11.7 Å². The van der Waals surface area contributed by atoms with Crippen LogP contribution in [0.5, 0.6) is 0 Å². The van der Waals surface area contributed by atoms with Crippen LogP contribution < -0.4 is 0 Å². The van der Waals surface area contributed by atoms with Crippen LogP contribution >= 0.6 is 11.6 Å². The van der Waals surface area contributed by atoms with Gasteiger partial charge >= 0.3 is 23.2 Å². The van der Waals surface area contributed by atoms with E-state index in [1.165, 1.54) is 12.1 Å². The Morgan fingerprint density at radius 3 is 2.08 bits per heavy atom. The Kier molecular flexibility index (Phi) is 4.11. The molecular weight excluding hydrogens is 255 g/mol. The van der Waals surface area contributed by atoms with Crippen molar-refractivity contribution in [2.45, 2.75) is 6.18 Å². The van der Waals surface area contributed by atoms with Crippen molar-refractivity contribution >= 4 is 28.7 Å². The molecule has 68 valence electrons. The van der Waals surface area contributed by atoms with Crippen LogP contribution in [0, 0.1) is 0 Å². The van der Waals surface area contributed by atoms with Gasteiger partial charge in [-0.1, -0.05) is 17.7 Å². The average molecular weight is 262 g/mol. The van der Waals surface area contributed by atoms with Gasteiger partial charge in [0.15, 0.2) is 0 Å². The SMILES string of the molecule is FC(F)(F)c1cccc(Cl)c1.[SeH2]. The van der Waals surface area contributed by atoms with Gasteiger partial charge in [0, 0.05) is 5.02 Å². The van der Waals surface area contributed by atoms with Crippen molar-refractivity contribution in [2.75, 3.05) is 0 Å². The second-order valence-electron chi connectivity index (χ2n) is 2.01. The molecule has 12 heavy (non-hydrogen) atoms. The van der Waals surface area contributed by atoms with Crippen LogP contribution in [0.25, 0.3) is 0 Å². The molecule has 0 saturated heterocycles. The molecule has 0 fully saturated rings. The average Bonchev–Trinajstić information content (AvgIpc) is 1.86. The summed E-state index contributed by atoms with van der Waals surface area (Å²) in [6.07, 6.45) is -4.30. The summed E-state index contributed by atoms with van der Waals surface area (Å²) in [6.45, 7) is 0. The van der Waals surface area contributed by atoms with Gasteiger partial charge in [0.2, 0.25) is 0 Å². The standard InChI is InChI=1S/C7H4ClF3.H2Se/c8-6-3-1-2-5(4-6)7(9,10)11;/h1-4H;1H2. The third-order valence-electron chi connectivity index (χ3n) is 1.15. The van der Waals surface area contributed by atoms with Crippen molar-refractivity contribution in [3.63, 3.8) is 0 Å². The summed E-state index contributed by atoms with van der Waals surface area (Å²) in [6, 6.07) is 4.54. The molecule has 0 spiro atoms. The van der Waals surface area contributed by atoms with Gasteiger partial charge in [-0.05, 0) is 18.2 Å². The summed E-state index contributed by atoms with van der Waals surface area (Å²) in [4.78, 5) is 0. The Bertz CT molecular complexity index is 259. The Labute approximate surface area is 83.2 Å². The molecular formula is C7H6ClF3Se. The maximum atomic E-state index is 11.9. The molecule has 1 aromatic rings. The molecule has 0 amide bonds. The number of hydrogen-bond acceptors (Lipinski definition) is 0. The molecule has 0 aliphatic carbocycles. The molecule has 0 aliphatic rings. The third kappa shape index (κ3) is 3.05. The minimum atomic E-state index is -4.30. The van der Waals surface area contributed by atoms with E-state index in [9.17, 15) is 13.2 Å². The van der Waals surface area contributed by atoms with E-state index in [1.807, 2.05) is 0 Å². The van der Waals surface area contributed by atoms with Crippen LogP contribution in [0.1, 0.15) is 5.56 Å². The molecule has 0 N–H and O–H groups in total. The third-order valence-corrected chi connectivity index (χ3v) is 1.39. The quantitative estimate of drug-likeness (QED) is 0.629. The van der Waals surface area contributed by atoms with E-state index in [2.05, 4.69) is 0 Å². The molecule has 0 heterocycles. The van der Waals surface area contributed by atoms with Crippen molar-refractivity contribution in [3.8, 4) is 0 Å². The summed E-state index contributed by atoms with van der Waals surface area (Å²) < 4.78 is 35.7. The van der Waals surface area contributed by atoms with Crippen molar-refractivity contribution < 1.29 is 13.2 Å². The summed E-state index contributed by atoms with van der Waals surface area (Å²) in [7, 11) is 0. The summed E-state index contributed by atoms with van der Waals surface area (Å²) in [5.41, 5.74) is -0.718. The van der Waals surface area contributed by atoms with Gasteiger partial charge < -0.3 is 0 Å². The Morgan fingerprint density at radius 2 is 1.75 bits per heavy atom. The van der Waals surface area contributed by atoms with Gasteiger partial charge in [0.25, 0.3) is 0 Å².